The average Bonchev–Trinajstić information content (AvgIpc) is 2.26. The molecular weight excluding hydrogens is 317 g/mol. The van der Waals surface area contributed by atoms with Gasteiger partial charge in [-0.3, -0.25) is 4.79 Å². The fraction of sp³-hybridized carbons (Fsp3) is 0.417. The largest absolute Gasteiger partial charge is 0.417 e. The Labute approximate surface area is 119 Å². The predicted octanol–water partition coefficient (Wildman–Crippen LogP) is 3.57. The monoisotopic (exact) mass is 328 g/mol. The van der Waals surface area contributed by atoms with Gasteiger partial charge in [-0.1, -0.05) is 0 Å². The molecule has 0 fully saturated rings. The number of halogens is 4. The van der Waals surface area contributed by atoms with Crippen molar-refractivity contribution < 1.29 is 26.4 Å². The Morgan fingerprint density at radius 2 is 1.75 bits per heavy atom. The summed E-state index contributed by atoms with van der Waals surface area (Å²) in [4.78, 5) is 10.3. The first-order valence-electron chi connectivity index (χ1n) is 5.54. The molecule has 0 amide bonds. The number of carbonyl (C=O) groups is 1. The number of hydrogen-bond acceptors (Lipinski definition) is 3. The van der Waals surface area contributed by atoms with E-state index >= 15 is 0 Å². The second kappa shape index (κ2) is 5.37. The summed E-state index contributed by atoms with van der Waals surface area (Å²) in [6, 6.07) is 1.33. The van der Waals surface area contributed by atoms with Crippen LogP contribution in [0.25, 0.3) is 0 Å². The van der Waals surface area contributed by atoms with E-state index in [2.05, 4.69) is 0 Å². The molecule has 0 bridgehead atoms. The number of aryl methyl sites for hydroxylation is 1. The van der Waals surface area contributed by atoms with E-state index in [-0.39, 0.29) is 11.1 Å². The molecule has 0 aliphatic carbocycles. The van der Waals surface area contributed by atoms with Crippen LogP contribution in [0.4, 0.5) is 13.2 Å². The highest BCUT2D eigenvalue weighted by Gasteiger charge is 2.39. The molecule has 1 aromatic carbocycles. The van der Waals surface area contributed by atoms with Gasteiger partial charge in [-0.15, -0.1) is 0 Å². The molecule has 0 N–H and O–H groups in total. The Morgan fingerprint density at radius 3 is 2.10 bits per heavy atom. The van der Waals surface area contributed by atoms with E-state index in [1.807, 2.05) is 0 Å². The number of benzene rings is 1. The van der Waals surface area contributed by atoms with Crippen LogP contribution < -0.4 is 0 Å². The van der Waals surface area contributed by atoms with Gasteiger partial charge in [0.1, 0.15) is 0 Å². The molecule has 0 unspecified atom stereocenters. The third-order valence-electron chi connectivity index (χ3n) is 2.77. The van der Waals surface area contributed by atoms with Crippen molar-refractivity contribution in [1.29, 1.82) is 0 Å². The second-order valence-electron chi connectivity index (χ2n) is 4.53. The quantitative estimate of drug-likeness (QED) is 0.797. The molecule has 112 valence electrons. The third-order valence-corrected chi connectivity index (χ3v) is 5.17. The minimum atomic E-state index is -4.90. The van der Waals surface area contributed by atoms with Gasteiger partial charge < -0.3 is 0 Å². The molecule has 1 aromatic rings. The number of rotatable bonds is 3. The number of carbonyl (C=O) groups excluding carboxylic acids is 1. The summed E-state index contributed by atoms with van der Waals surface area (Å²) in [5.41, 5.74) is -1.65. The summed E-state index contributed by atoms with van der Waals surface area (Å²) in [5.74, 6) is 0. The van der Waals surface area contributed by atoms with Crippen LogP contribution in [0.1, 0.15) is 35.3 Å². The third kappa shape index (κ3) is 3.15. The minimum absolute atomic E-state index is 0.0808. The first kappa shape index (κ1) is 17.0. The highest BCUT2D eigenvalue weighted by Crippen LogP contribution is 2.37. The molecule has 0 heterocycles. The fourth-order valence-corrected chi connectivity index (χ4v) is 3.14. The zero-order valence-electron chi connectivity index (χ0n) is 10.9. The topological polar surface area (TPSA) is 51.2 Å². The highest BCUT2D eigenvalue weighted by atomic mass is 35.5. The molecule has 0 spiro atoms. The van der Waals surface area contributed by atoms with Crippen LogP contribution in [0.5, 0.6) is 0 Å². The van der Waals surface area contributed by atoms with Gasteiger partial charge in [0, 0.05) is 5.56 Å². The van der Waals surface area contributed by atoms with Crippen LogP contribution in [-0.4, -0.2) is 18.9 Å². The van der Waals surface area contributed by atoms with Crippen LogP contribution in [0.15, 0.2) is 17.0 Å². The second-order valence-corrected chi connectivity index (χ2v) is 7.34. The lowest BCUT2D eigenvalue weighted by Gasteiger charge is -2.17. The van der Waals surface area contributed by atoms with Crippen molar-refractivity contribution in [2.75, 3.05) is 0 Å². The number of hydrogen-bond donors (Lipinski definition) is 0. The lowest BCUT2D eigenvalue weighted by atomic mass is 10.1. The molecule has 0 aromatic heterocycles. The molecule has 0 radical (unpaired) electrons. The molecule has 0 aliphatic heterocycles. The summed E-state index contributed by atoms with van der Waals surface area (Å²) in [5, 5.41) is -2.08. The van der Waals surface area contributed by atoms with Crippen molar-refractivity contribution in [2.45, 2.75) is 37.1 Å². The Hall–Kier alpha value is -1.08. The van der Waals surface area contributed by atoms with Gasteiger partial charge in [-0.05, 0) is 50.1 Å². The van der Waals surface area contributed by atoms with E-state index in [1.165, 1.54) is 20.8 Å². The lowest BCUT2D eigenvalue weighted by Crippen LogP contribution is -2.20. The molecule has 20 heavy (non-hydrogen) atoms. The summed E-state index contributed by atoms with van der Waals surface area (Å²) in [6.07, 6.45) is -4.90. The smallest absolute Gasteiger partial charge is 0.276 e. The average molecular weight is 329 g/mol. The maximum atomic E-state index is 13.0. The van der Waals surface area contributed by atoms with Gasteiger partial charge in [-0.25, -0.2) is 8.42 Å². The van der Waals surface area contributed by atoms with Crippen LogP contribution in [0.2, 0.25) is 0 Å². The molecular formula is C12H12ClF3O3S. The minimum Gasteiger partial charge on any atom is -0.276 e. The Kier molecular flexibility index (Phi) is 4.55. The van der Waals surface area contributed by atoms with E-state index in [9.17, 15) is 26.4 Å². The maximum absolute atomic E-state index is 13.0. The standard InChI is InChI=1S/C12H12ClF3O3S/c1-6(2)20(18,19)10-4-7(3)8(11(13)17)5-9(10)12(14,15)16/h4-6H,1-3H3. The first-order valence-corrected chi connectivity index (χ1v) is 7.47. The molecule has 3 nitrogen and oxygen atoms in total. The number of alkyl halides is 3. The van der Waals surface area contributed by atoms with Gasteiger partial charge >= 0.3 is 6.18 Å². The molecule has 1 rings (SSSR count). The van der Waals surface area contributed by atoms with Crippen molar-refractivity contribution >= 4 is 26.7 Å². The molecule has 0 saturated heterocycles. The zero-order valence-corrected chi connectivity index (χ0v) is 12.4. The molecule has 0 saturated carbocycles. The fourth-order valence-electron chi connectivity index (χ4n) is 1.60. The van der Waals surface area contributed by atoms with E-state index in [0.29, 0.717) is 6.07 Å². The van der Waals surface area contributed by atoms with E-state index in [0.717, 1.165) is 6.07 Å². The Morgan fingerprint density at radius 1 is 1.25 bits per heavy atom. The zero-order chi connectivity index (χ0) is 15.9. The number of sulfone groups is 1. The molecule has 0 atom stereocenters. The summed E-state index contributed by atoms with van der Waals surface area (Å²) >= 11 is 5.20. The normalized spacial score (nSPS) is 12.8. The van der Waals surface area contributed by atoms with E-state index < -0.39 is 37.0 Å². The van der Waals surface area contributed by atoms with Crippen molar-refractivity contribution in [1.82, 2.24) is 0 Å². The Bertz CT molecular complexity index is 649. The van der Waals surface area contributed by atoms with Crippen molar-refractivity contribution in [3.63, 3.8) is 0 Å². The maximum Gasteiger partial charge on any atom is 0.417 e. The van der Waals surface area contributed by atoms with Crippen molar-refractivity contribution in [3.8, 4) is 0 Å². The first-order chi connectivity index (χ1) is 8.89. The summed E-state index contributed by atoms with van der Waals surface area (Å²) in [6.45, 7) is 3.89. The van der Waals surface area contributed by atoms with Crippen LogP contribution in [0.3, 0.4) is 0 Å². The van der Waals surface area contributed by atoms with Gasteiger partial charge in [0.15, 0.2) is 9.84 Å². The Balaban J connectivity index is 3.78. The van der Waals surface area contributed by atoms with Gasteiger partial charge in [0.25, 0.3) is 5.24 Å². The van der Waals surface area contributed by atoms with E-state index in [4.69, 9.17) is 11.6 Å². The van der Waals surface area contributed by atoms with Crippen LogP contribution in [-0.2, 0) is 16.0 Å². The summed E-state index contributed by atoms with van der Waals surface area (Å²) < 4.78 is 63.0. The van der Waals surface area contributed by atoms with Gasteiger partial charge in [-0.2, -0.15) is 13.2 Å². The van der Waals surface area contributed by atoms with Crippen molar-refractivity contribution in [3.05, 3.63) is 28.8 Å². The SMILES string of the molecule is Cc1cc(S(=O)(=O)C(C)C)c(C(F)(F)F)cc1C(=O)Cl. The van der Waals surface area contributed by atoms with Crippen molar-refractivity contribution in [2.24, 2.45) is 0 Å². The van der Waals surface area contributed by atoms with Gasteiger partial charge in [0.2, 0.25) is 0 Å². The molecule has 8 heteroatoms. The summed E-state index contributed by atoms with van der Waals surface area (Å²) in [7, 11) is -4.13. The van der Waals surface area contributed by atoms with Gasteiger partial charge in [0.05, 0.1) is 15.7 Å². The predicted molar refractivity (Wildman–Crippen MR) is 68.7 cm³/mol. The lowest BCUT2D eigenvalue weighted by molar-refractivity contribution is -0.139. The van der Waals surface area contributed by atoms with Crippen LogP contribution >= 0.6 is 11.6 Å². The van der Waals surface area contributed by atoms with E-state index in [1.54, 1.807) is 0 Å². The molecule has 0 aliphatic rings. The highest BCUT2D eigenvalue weighted by molar-refractivity contribution is 7.92. The van der Waals surface area contributed by atoms with Crippen LogP contribution in [0, 0.1) is 6.92 Å².